The van der Waals surface area contributed by atoms with Crippen LogP contribution in [-0.2, 0) is 16.6 Å². The highest BCUT2D eigenvalue weighted by molar-refractivity contribution is 5.81. The van der Waals surface area contributed by atoms with Crippen LogP contribution in [0.4, 0.5) is 0 Å². The summed E-state index contributed by atoms with van der Waals surface area (Å²) in [5.74, 6) is 0.922. The molecule has 100 valence electrons. The minimum Gasteiger partial charge on any atom is -0.372 e. The van der Waals surface area contributed by atoms with E-state index < -0.39 is 6.10 Å². The van der Waals surface area contributed by atoms with Gasteiger partial charge in [-0.25, -0.2) is 4.98 Å². The number of carbonyl (C=O) groups excluding carboxylic acids is 1. The number of ether oxygens (including phenoxy) is 1. The zero-order valence-corrected chi connectivity index (χ0v) is 11.1. The Morgan fingerprint density at radius 3 is 3.06 bits per heavy atom. The smallest absolute Gasteiger partial charge is 0.252 e. The summed E-state index contributed by atoms with van der Waals surface area (Å²) in [6.07, 6.45) is 3.24. The molecule has 1 amide bonds. The van der Waals surface area contributed by atoms with Crippen molar-refractivity contribution in [3.63, 3.8) is 0 Å². The molecule has 1 N–H and O–H groups in total. The van der Waals surface area contributed by atoms with E-state index in [9.17, 15) is 4.79 Å². The summed E-state index contributed by atoms with van der Waals surface area (Å²) in [4.78, 5) is 18.5. The number of amides is 1. The van der Waals surface area contributed by atoms with E-state index in [1.807, 2.05) is 22.7 Å². The summed E-state index contributed by atoms with van der Waals surface area (Å²) in [5, 5.41) is 3.30. The second-order valence-electron chi connectivity index (χ2n) is 4.53. The Morgan fingerprint density at radius 1 is 1.67 bits per heavy atom. The molecular weight excluding hydrogens is 232 g/mol. The van der Waals surface area contributed by atoms with Crippen LogP contribution in [0.1, 0.15) is 18.8 Å². The van der Waals surface area contributed by atoms with Crippen molar-refractivity contribution in [3.8, 4) is 0 Å². The Bertz CT molecular complexity index is 418. The van der Waals surface area contributed by atoms with Crippen LogP contribution >= 0.6 is 0 Å². The van der Waals surface area contributed by atoms with Gasteiger partial charge >= 0.3 is 0 Å². The Balaban J connectivity index is 2.21. The van der Waals surface area contributed by atoms with Crippen molar-refractivity contribution < 1.29 is 9.53 Å². The fourth-order valence-corrected chi connectivity index (χ4v) is 2.23. The first kappa shape index (κ1) is 13.0. The number of imidazole rings is 1. The number of aromatic nitrogens is 2. The van der Waals surface area contributed by atoms with Crippen molar-refractivity contribution in [2.45, 2.75) is 19.1 Å². The van der Waals surface area contributed by atoms with Gasteiger partial charge < -0.3 is 19.5 Å². The largest absolute Gasteiger partial charge is 0.372 e. The highest BCUT2D eigenvalue weighted by Crippen LogP contribution is 2.21. The average Bonchev–Trinajstić information content (AvgIpc) is 2.83. The number of hydrogen-bond acceptors (Lipinski definition) is 4. The number of hydrogen-bond donors (Lipinski definition) is 1. The van der Waals surface area contributed by atoms with Crippen LogP contribution in [0, 0.1) is 0 Å². The van der Waals surface area contributed by atoms with Crippen molar-refractivity contribution in [1.29, 1.82) is 0 Å². The minimum absolute atomic E-state index is 0.0204. The fourth-order valence-electron chi connectivity index (χ4n) is 2.23. The molecule has 6 nitrogen and oxygen atoms in total. The molecule has 1 aromatic rings. The van der Waals surface area contributed by atoms with Crippen molar-refractivity contribution in [3.05, 3.63) is 18.2 Å². The minimum atomic E-state index is -0.411. The lowest BCUT2D eigenvalue weighted by molar-refractivity contribution is -0.144. The van der Waals surface area contributed by atoms with Gasteiger partial charge in [0.1, 0.15) is 18.0 Å². The number of carbonyl (C=O) groups is 1. The molecule has 2 rings (SSSR count). The van der Waals surface area contributed by atoms with Gasteiger partial charge in [-0.3, -0.25) is 4.79 Å². The standard InChI is InChI=1S/C12H20N4O2/c1-9(18-3)12(17)16-7-4-13-8-10(16)11-14-5-6-15(11)2/h5-6,9-10,13H,4,7-8H2,1-3H3. The molecular formula is C12H20N4O2. The van der Waals surface area contributed by atoms with Crippen molar-refractivity contribution in [2.24, 2.45) is 7.05 Å². The van der Waals surface area contributed by atoms with Gasteiger partial charge in [0.05, 0.1) is 0 Å². The SMILES string of the molecule is COC(C)C(=O)N1CCNCC1c1nccn1C. The quantitative estimate of drug-likeness (QED) is 0.818. The molecule has 2 heterocycles. The normalized spacial score (nSPS) is 21.9. The molecule has 1 aliphatic heterocycles. The third-order valence-electron chi connectivity index (χ3n) is 3.38. The van der Waals surface area contributed by atoms with Gasteiger partial charge in [-0.05, 0) is 6.92 Å². The van der Waals surface area contributed by atoms with Crippen LogP contribution in [-0.4, -0.2) is 53.2 Å². The molecule has 18 heavy (non-hydrogen) atoms. The topological polar surface area (TPSA) is 59.4 Å². The summed E-state index contributed by atoms with van der Waals surface area (Å²) in [6.45, 7) is 4.00. The lowest BCUT2D eigenvalue weighted by atomic mass is 10.1. The number of rotatable bonds is 3. The first-order chi connectivity index (χ1) is 8.65. The number of piperazine rings is 1. The Morgan fingerprint density at radius 2 is 2.44 bits per heavy atom. The monoisotopic (exact) mass is 252 g/mol. The van der Waals surface area contributed by atoms with Crippen molar-refractivity contribution in [2.75, 3.05) is 26.7 Å². The number of nitrogens with one attached hydrogen (secondary N) is 1. The first-order valence-electron chi connectivity index (χ1n) is 6.16. The van der Waals surface area contributed by atoms with E-state index in [-0.39, 0.29) is 11.9 Å². The van der Waals surface area contributed by atoms with E-state index in [1.165, 1.54) is 0 Å². The van der Waals surface area contributed by atoms with Crippen LogP contribution in [0.2, 0.25) is 0 Å². The maximum atomic E-state index is 12.3. The number of aryl methyl sites for hydroxylation is 1. The van der Waals surface area contributed by atoms with Gasteiger partial charge in [0, 0.05) is 46.2 Å². The van der Waals surface area contributed by atoms with E-state index in [0.717, 1.165) is 18.9 Å². The lowest BCUT2D eigenvalue weighted by Gasteiger charge is -2.36. The van der Waals surface area contributed by atoms with Crippen molar-refractivity contribution in [1.82, 2.24) is 19.8 Å². The van der Waals surface area contributed by atoms with Crippen LogP contribution in [0.25, 0.3) is 0 Å². The zero-order valence-electron chi connectivity index (χ0n) is 11.1. The molecule has 0 spiro atoms. The molecule has 2 unspecified atom stereocenters. The predicted molar refractivity (Wildman–Crippen MR) is 67.0 cm³/mol. The van der Waals surface area contributed by atoms with E-state index in [4.69, 9.17) is 4.74 Å². The van der Waals surface area contributed by atoms with Gasteiger partial charge in [-0.2, -0.15) is 0 Å². The van der Waals surface area contributed by atoms with Gasteiger partial charge in [0.25, 0.3) is 5.91 Å². The summed E-state index contributed by atoms with van der Waals surface area (Å²) in [5.41, 5.74) is 0. The van der Waals surface area contributed by atoms with Crippen LogP contribution in [0.15, 0.2) is 12.4 Å². The summed E-state index contributed by atoms with van der Waals surface area (Å²) in [6, 6.07) is -0.0242. The molecule has 0 saturated carbocycles. The second-order valence-corrected chi connectivity index (χ2v) is 4.53. The molecule has 6 heteroatoms. The Kier molecular flexibility index (Phi) is 3.98. The van der Waals surface area contributed by atoms with Crippen LogP contribution < -0.4 is 5.32 Å². The zero-order chi connectivity index (χ0) is 13.1. The van der Waals surface area contributed by atoms with Crippen molar-refractivity contribution >= 4 is 5.91 Å². The third kappa shape index (κ3) is 2.39. The fraction of sp³-hybridized carbons (Fsp3) is 0.667. The molecule has 1 fully saturated rings. The molecule has 0 radical (unpaired) electrons. The molecule has 1 saturated heterocycles. The Hall–Kier alpha value is -1.40. The number of nitrogens with zero attached hydrogens (tertiary/aromatic N) is 3. The highest BCUT2D eigenvalue weighted by atomic mass is 16.5. The first-order valence-corrected chi connectivity index (χ1v) is 6.16. The predicted octanol–water partition coefficient (Wildman–Crippen LogP) is -0.0721. The van der Waals surface area contributed by atoms with E-state index in [0.29, 0.717) is 6.54 Å². The molecule has 1 aromatic heterocycles. The molecule has 0 bridgehead atoms. The lowest BCUT2D eigenvalue weighted by Crippen LogP contribution is -2.52. The molecule has 0 aliphatic carbocycles. The van der Waals surface area contributed by atoms with Crippen LogP contribution in [0.5, 0.6) is 0 Å². The maximum absolute atomic E-state index is 12.3. The second kappa shape index (κ2) is 5.49. The van der Waals surface area contributed by atoms with Gasteiger partial charge in [-0.15, -0.1) is 0 Å². The number of methoxy groups -OCH3 is 1. The maximum Gasteiger partial charge on any atom is 0.252 e. The summed E-state index contributed by atoms with van der Waals surface area (Å²) < 4.78 is 7.08. The van der Waals surface area contributed by atoms with Gasteiger partial charge in [0.15, 0.2) is 0 Å². The van der Waals surface area contributed by atoms with E-state index >= 15 is 0 Å². The summed E-state index contributed by atoms with van der Waals surface area (Å²) in [7, 11) is 3.50. The molecule has 1 aliphatic rings. The Labute approximate surface area is 107 Å². The van der Waals surface area contributed by atoms with E-state index in [1.54, 1.807) is 20.2 Å². The van der Waals surface area contributed by atoms with Crippen LogP contribution in [0.3, 0.4) is 0 Å². The van der Waals surface area contributed by atoms with E-state index in [2.05, 4.69) is 10.3 Å². The average molecular weight is 252 g/mol. The third-order valence-corrected chi connectivity index (χ3v) is 3.38. The summed E-state index contributed by atoms with van der Waals surface area (Å²) >= 11 is 0. The van der Waals surface area contributed by atoms with Gasteiger partial charge in [0.2, 0.25) is 0 Å². The molecule has 0 aromatic carbocycles. The highest BCUT2D eigenvalue weighted by Gasteiger charge is 2.32. The molecule has 2 atom stereocenters. The van der Waals surface area contributed by atoms with Gasteiger partial charge in [-0.1, -0.05) is 0 Å².